The zero-order valence-corrected chi connectivity index (χ0v) is 15.1. The number of hydrogen-bond donors (Lipinski definition) is 2. The molecule has 4 aromatic heterocycles. The Kier molecular flexibility index (Phi) is 3.72. The van der Waals surface area contributed by atoms with Crippen molar-refractivity contribution >= 4 is 45.5 Å². The fourth-order valence-electron chi connectivity index (χ4n) is 2.75. The highest BCUT2D eigenvalue weighted by molar-refractivity contribution is 7.99. The van der Waals surface area contributed by atoms with E-state index in [1.807, 2.05) is 55.7 Å². The number of aromatic nitrogens is 7. The minimum absolute atomic E-state index is 0.616. The summed E-state index contributed by atoms with van der Waals surface area (Å²) < 4.78 is 1.72. The van der Waals surface area contributed by atoms with E-state index >= 15 is 0 Å². The van der Waals surface area contributed by atoms with Gasteiger partial charge in [-0.1, -0.05) is 12.1 Å². The van der Waals surface area contributed by atoms with Gasteiger partial charge in [-0.05, 0) is 36.0 Å². The number of pyridine rings is 1. The van der Waals surface area contributed by atoms with Crippen molar-refractivity contribution in [3.05, 3.63) is 55.0 Å². The van der Waals surface area contributed by atoms with Gasteiger partial charge in [-0.15, -0.1) is 0 Å². The minimum atomic E-state index is 0.616. The van der Waals surface area contributed by atoms with Gasteiger partial charge < -0.3 is 10.3 Å². The van der Waals surface area contributed by atoms with E-state index < -0.39 is 0 Å². The van der Waals surface area contributed by atoms with Crippen molar-refractivity contribution in [2.75, 3.05) is 5.32 Å². The summed E-state index contributed by atoms with van der Waals surface area (Å²) in [6.45, 7) is 0. The largest absolute Gasteiger partial charge is 0.333 e. The molecule has 5 aromatic rings. The highest BCUT2D eigenvalue weighted by atomic mass is 32.2. The van der Waals surface area contributed by atoms with E-state index in [1.54, 1.807) is 4.68 Å². The third kappa shape index (κ3) is 3.08. The molecule has 4 heterocycles. The lowest BCUT2D eigenvalue weighted by molar-refractivity contribution is 0.771. The van der Waals surface area contributed by atoms with E-state index in [4.69, 9.17) is 4.98 Å². The molecule has 132 valence electrons. The van der Waals surface area contributed by atoms with Crippen LogP contribution >= 0.6 is 11.8 Å². The maximum Gasteiger partial charge on any atom is 0.172 e. The Morgan fingerprint density at radius 1 is 1.00 bits per heavy atom. The molecule has 0 bridgehead atoms. The van der Waals surface area contributed by atoms with Crippen LogP contribution < -0.4 is 5.32 Å². The molecule has 8 nitrogen and oxygen atoms in total. The second-order valence-corrected chi connectivity index (χ2v) is 6.91. The lowest BCUT2D eigenvalue weighted by Gasteiger charge is -2.06. The molecule has 0 unspecified atom stereocenters. The second kappa shape index (κ2) is 6.36. The summed E-state index contributed by atoms with van der Waals surface area (Å²) in [5, 5.41) is 9.12. The number of nitrogens with zero attached hydrogens (tertiary/aromatic N) is 6. The highest BCUT2D eigenvalue weighted by Crippen LogP contribution is 2.29. The zero-order chi connectivity index (χ0) is 18.2. The normalized spacial score (nSPS) is 11.3. The van der Waals surface area contributed by atoms with Crippen LogP contribution in [-0.4, -0.2) is 34.7 Å². The number of para-hydroxylation sites is 2. The van der Waals surface area contributed by atoms with Crippen LogP contribution in [-0.2, 0) is 7.05 Å². The average Bonchev–Trinajstić information content (AvgIpc) is 3.27. The molecular formula is C18H14N8S. The summed E-state index contributed by atoms with van der Waals surface area (Å²) in [7, 11) is 1.86. The van der Waals surface area contributed by atoms with Gasteiger partial charge in [0.15, 0.2) is 16.8 Å². The zero-order valence-electron chi connectivity index (χ0n) is 14.3. The molecule has 0 aliphatic heterocycles. The van der Waals surface area contributed by atoms with Crippen molar-refractivity contribution in [2.45, 2.75) is 10.2 Å². The molecule has 0 fully saturated rings. The van der Waals surface area contributed by atoms with Crippen molar-refractivity contribution < 1.29 is 0 Å². The molecule has 5 rings (SSSR count). The van der Waals surface area contributed by atoms with Crippen LogP contribution in [0.5, 0.6) is 0 Å². The monoisotopic (exact) mass is 374 g/mol. The fourth-order valence-corrected chi connectivity index (χ4v) is 3.53. The molecule has 0 spiro atoms. The van der Waals surface area contributed by atoms with E-state index in [2.05, 4.69) is 30.4 Å². The van der Waals surface area contributed by atoms with Crippen molar-refractivity contribution in [1.82, 2.24) is 34.7 Å². The van der Waals surface area contributed by atoms with Crippen LogP contribution in [0.25, 0.3) is 22.1 Å². The molecule has 1 aromatic carbocycles. The van der Waals surface area contributed by atoms with Crippen molar-refractivity contribution in [3.8, 4) is 0 Å². The number of aromatic amines is 1. The smallest absolute Gasteiger partial charge is 0.172 e. The number of aryl methyl sites for hydroxylation is 1. The van der Waals surface area contributed by atoms with Crippen LogP contribution in [0.4, 0.5) is 11.6 Å². The Balaban J connectivity index is 1.50. The molecule has 0 aliphatic rings. The number of nitrogens with one attached hydrogen (secondary N) is 2. The maximum atomic E-state index is 4.72. The Hall–Kier alpha value is -3.46. The Morgan fingerprint density at radius 2 is 1.93 bits per heavy atom. The average molecular weight is 374 g/mol. The predicted molar refractivity (Wildman–Crippen MR) is 104 cm³/mol. The molecule has 0 radical (unpaired) electrons. The molecule has 0 saturated heterocycles. The number of imidazole rings is 1. The number of fused-ring (bicyclic) bond motifs is 2. The van der Waals surface area contributed by atoms with Gasteiger partial charge in [-0.2, -0.15) is 5.10 Å². The molecule has 27 heavy (non-hydrogen) atoms. The van der Waals surface area contributed by atoms with Gasteiger partial charge in [-0.25, -0.2) is 19.9 Å². The summed E-state index contributed by atoms with van der Waals surface area (Å²) in [4.78, 5) is 21.2. The van der Waals surface area contributed by atoms with E-state index in [0.717, 1.165) is 26.7 Å². The first kappa shape index (κ1) is 15.8. The van der Waals surface area contributed by atoms with E-state index in [-0.39, 0.29) is 0 Å². The van der Waals surface area contributed by atoms with Crippen LogP contribution in [0.15, 0.2) is 65.2 Å². The van der Waals surface area contributed by atoms with E-state index in [0.29, 0.717) is 17.2 Å². The van der Waals surface area contributed by atoms with Gasteiger partial charge >= 0.3 is 0 Å². The van der Waals surface area contributed by atoms with Crippen molar-refractivity contribution in [1.29, 1.82) is 0 Å². The molecular weight excluding hydrogens is 360 g/mol. The molecule has 0 atom stereocenters. The van der Waals surface area contributed by atoms with Gasteiger partial charge in [-0.3, -0.25) is 4.68 Å². The maximum absolute atomic E-state index is 4.72. The first-order chi connectivity index (χ1) is 13.2. The van der Waals surface area contributed by atoms with Crippen LogP contribution in [0, 0.1) is 0 Å². The number of hydrogen-bond acceptors (Lipinski definition) is 7. The first-order valence-electron chi connectivity index (χ1n) is 8.26. The number of anilines is 2. The Bertz CT molecular complexity index is 1230. The van der Waals surface area contributed by atoms with Gasteiger partial charge in [0, 0.05) is 19.3 Å². The third-order valence-electron chi connectivity index (χ3n) is 3.99. The van der Waals surface area contributed by atoms with Gasteiger partial charge in [0.05, 0.1) is 16.6 Å². The second-order valence-electron chi connectivity index (χ2n) is 5.90. The van der Waals surface area contributed by atoms with E-state index in [9.17, 15) is 0 Å². The van der Waals surface area contributed by atoms with Gasteiger partial charge in [0.25, 0.3) is 0 Å². The van der Waals surface area contributed by atoms with Crippen LogP contribution in [0.3, 0.4) is 0 Å². The summed E-state index contributed by atoms with van der Waals surface area (Å²) in [5.74, 6) is 1.32. The Morgan fingerprint density at radius 3 is 2.78 bits per heavy atom. The predicted octanol–water partition coefficient (Wildman–Crippen LogP) is 3.53. The lowest BCUT2D eigenvalue weighted by atomic mass is 10.3. The number of rotatable bonds is 4. The van der Waals surface area contributed by atoms with Gasteiger partial charge in [0.2, 0.25) is 0 Å². The number of benzene rings is 1. The first-order valence-corrected chi connectivity index (χ1v) is 9.07. The van der Waals surface area contributed by atoms with Crippen molar-refractivity contribution in [3.63, 3.8) is 0 Å². The lowest BCUT2D eigenvalue weighted by Crippen LogP contribution is -1.99. The van der Waals surface area contributed by atoms with Gasteiger partial charge in [0.1, 0.15) is 16.9 Å². The summed E-state index contributed by atoms with van der Waals surface area (Å²) in [5.41, 5.74) is 3.38. The Labute approximate surface area is 158 Å². The highest BCUT2D eigenvalue weighted by Gasteiger charge is 2.10. The molecule has 0 amide bonds. The van der Waals surface area contributed by atoms with Crippen molar-refractivity contribution in [2.24, 2.45) is 7.05 Å². The quantitative estimate of drug-likeness (QED) is 0.497. The molecule has 2 N–H and O–H groups in total. The topological polar surface area (TPSA) is 97.2 Å². The minimum Gasteiger partial charge on any atom is -0.333 e. The molecule has 0 aliphatic carbocycles. The van der Waals surface area contributed by atoms with Crippen LogP contribution in [0.1, 0.15) is 0 Å². The third-order valence-corrected chi connectivity index (χ3v) is 4.81. The van der Waals surface area contributed by atoms with E-state index in [1.165, 1.54) is 18.1 Å². The SMILES string of the molecule is Cn1ccc(Nc2ncnc3ccc(Sc4nc5ccccc5[nH]4)nc23)n1. The molecule has 0 saturated carbocycles. The molecule has 9 heteroatoms. The van der Waals surface area contributed by atoms with Crippen LogP contribution in [0.2, 0.25) is 0 Å². The fraction of sp³-hybridized carbons (Fsp3) is 0.0556. The summed E-state index contributed by atoms with van der Waals surface area (Å²) in [6, 6.07) is 13.7. The standard InChI is InChI=1S/C18H14N8S/c1-26-9-8-14(25-26)23-17-16-13(19-10-20-17)6-7-15(24-16)27-18-21-11-4-2-3-5-12(11)22-18/h2-10H,1H3,(H,21,22)(H,19,20,23,25). The number of H-pyrrole nitrogens is 1. The summed E-state index contributed by atoms with van der Waals surface area (Å²) in [6.07, 6.45) is 3.38. The summed E-state index contributed by atoms with van der Waals surface area (Å²) >= 11 is 1.47.